The molecule has 0 unspecified atom stereocenters. The minimum Gasteiger partial charge on any atom is -0.481 e. The first-order chi connectivity index (χ1) is 16.9. The average molecular weight is 497 g/mol. The van der Waals surface area contributed by atoms with Gasteiger partial charge in [-0.05, 0) is 53.5 Å². The highest BCUT2D eigenvalue weighted by atomic mass is 32.2. The van der Waals surface area contributed by atoms with Crippen LogP contribution in [0.25, 0.3) is 11.1 Å². The molecule has 0 spiro atoms. The number of aliphatic carboxylic acids is 1. The molecule has 2 N–H and O–H groups in total. The SMILES string of the molecule is CCN(CCC(=O)O)C(=O)CC1(NC(=O)OCC2c3ccccc3-c3ccccc32)CCSCC1. The minimum absolute atomic E-state index is 0.0285. The molecule has 35 heavy (non-hydrogen) atoms. The Morgan fingerprint density at radius 1 is 1.06 bits per heavy atom. The molecule has 1 heterocycles. The first-order valence-electron chi connectivity index (χ1n) is 12.1. The van der Waals surface area contributed by atoms with E-state index in [0.29, 0.717) is 19.4 Å². The molecule has 1 aliphatic carbocycles. The molecule has 2 aromatic carbocycles. The molecule has 0 bridgehead atoms. The predicted molar refractivity (Wildman–Crippen MR) is 137 cm³/mol. The lowest BCUT2D eigenvalue weighted by atomic mass is 9.88. The van der Waals surface area contributed by atoms with Crippen LogP contribution in [-0.4, -0.2) is 64.7 Å². The van der Waals surface area contributed by atoms with Crippen molar-refractivity contribution in [3.63, 3.8) is 0 Å². The standard InChI is InChI=1S/C27H32N2O5S/c1-2-29(14-11-25(31)32)24(30)17-27(12-15-35-16-13-27)28-26(33)34-18-23-21-9-5-3-7-19(21)20-8-4-6-10-22(20)23/h3-10,23H,2,11-18H2,1H3,(H,28,33)(H,31,32). The number of carbonyl (C=O) groups excluding carboxylic acids is 2. The summed E-state index contributed by atoms with van der Waals surface area (Å²) in [5, 5.41) is 12.0. The van der Waals surface area contributed by atoms with Crippen LogP contribution < -0.4 is 5.32 Å². The summed E-state index contributed by atoms with van der Waals surface area (Å²) >= 11 is 1.80. The first-order valence-corrected chi connectivity index (χ1v) is 13.3. The van der Waals surface area contributed by atoms with Crippen LogP contribution in [0, 0.1) is 0 Å². The molecule has 186 valence electrons. The summed E-state index contributed by atoms with van der Waals surface area (Å²) in [7, 11) is 0. The maximum atomic E-state index is 13.0. The number of hydrogen-bond donors (Lipinski definition) is 2. The number of nitrogens with zero attached hydrogens (tertiary/aromatic N) is 1. The molecule has 2 amide bonds. The van der Waals surface area contributed by atoms with Crippen LogP contribution in [0.2, 0.25) is 0 Å². The number of nitrogens with one attached hydrogen (secondary N) is 1. The summed E-state index contributed by atoms with van der Waals surface area (Å²) in [4.78, 5) is 38.5. The lowest BCUT2D eigenvalue weighted by molar-refractivity contribution is -0.138. The maximum Gasteiger partial charge on any atom is 0.407 e. The quantitative estimate of drug-likeness (QED) is 0.531. The van der Waals surface area contributed by atoms with Crippen molar-refractivity contribution in [3.05, 3.63) is 59.7 Å². The fraction of sp³-hybridized carbons (Fsp3) is 0.444. The number of benzene rings is 2. The zero-order valence-electron chi connectivity index (χ0n) is 20.0. The molecule has 0 aromatic heterocycles. The van der Waals surface area contributed by atoms with Crippen molar-refractivity contribution in [2.24, 2.45) is 0 Å². The fourth-order valence-corrected chi connectivity index (χ4v) is 6.32. The highest BCUT2D eigenvalue weighted by molar-refractivity contribution is 7.99. The first kappa shape index (κ1) is 25.1. The van der Waals surface area contributed by atoms with Crippen LogP contribution in [0.5, 0.6) is 0 Å². The zero-order chi connectivity index (χ0) is 24.8. The van der Waals surface area contributed by atoms with E-state index in [9.17, 15) is 14.4 Å². The molecular weight excluding hydrogens is 464 g/mol. The zero-order valence-corrected chi connectivity index (χ0v) is 20.8. The summed E-state index contributed by atoms with van der Waals surface area (Å²) in [5.74, 6) is 0.590. The van der Waals surface area contributed by atoms with E-state index in [4.69, 9.17) is 9.84 Å². The van der Waals surface area contributed by atoms with Crippen molar-refractivity contribution < 1.29 is 24.2 Å². The van der Waals surface area contributed by atoms with Crippen LogP contribution in [-0.2, 0) is 14.3 Å². The lowest BCUT2D eigenvalue weighted by Gasteiger charge is -2.38. The van der Waals surface area contributed by atoms with Crippen LogP contribution in [0.1, 0.15) is 49.7 Å². The summed E-state index contributed by atoms with van der Waals surface area (Å²) in [5.41, 5.74) is 3.96. The molecule has 1 aliphatic heterocycles. The number of thioether (sulfide) groups is 1. The Hall–Kier alpha value is -3.00. The highest BCUT2D eigenvalue weighted by Crippen LogP contribution is 2.44. The molecule has 0 saturated carbocycles. The van der Waals surface area contributed by atoms with Gasteiger partial charge in [0.2, 0.25) is 5.91 Å². The third-order valence-corrected chi connectivity index (χ3v) is 7.97. The molecule has 4 rings (SSSR count). The Labute approximate surface area is 210 Å². The van der Waals surface area contributed by atoms with Crippen molar-refractivity contribution >= 4 is 29.7 Å². The van der Waals surface area contributed by atoms with Gasteiger partial charge in [-0.15, -0.1) is 0 Å². The highest BCUT2D eigenvalue weighted by Gasteiger charge is 2.38. The number of carbonyl (C=O) groups is 3. The maximum absolute atomic E-state index is 13.0. The van der Waals surface area contributed by atoms with Crippen molar-refractivity contribution in [3.8, 4) is 11.1 Å². The molecule has 2 aromatic rings. The smallest absolute Gasteiger partial charge is 0.407 e. The molecule has 1 saturated heterocycles. The minimum atomic E-state index is -0.934. The number of hydrogen-bond acceptors (Lipinski definition) is 5. The van der Waals surface area contributed by atoms with Crippen molar-refractivity contribution in [1.82, 2.24) is 10.2 Å². The number of amides is 2. The van der Waals surface area contributed by atoms with Gasteiger partial charge in [0.05, 0.1) is 18.4 Å². The number of fused-ring (bicyclic) bond motifs is 3. The van der Waals surface area contributed by atoms with Gasteiger partial charge in [0.1, 0.15) is 6.61 Å². The topological polar surface area (TPSA) is 95.9 Å². The third-order valence-electron chi connectivity index (χ3n) is 6.98. The van der Waals surface area contributed by atoms with E-state index >= 15 is 0 Å². The Balaban J connectivity index is 1.42. The van der Waals surface area contributed by atoms with Crippen molar-refractivity contribution in [1.29, 1.82) is 0 Å². The molecular formula is C27H32N2O5S. The average Bonchev–Trinajstić information content (AvgIpc) is 3.17. The Morgan fingerprint density at radius 2 is 1.66 bits per heavy atom. The second-order valence-electron chi connectivity index (χ2n) is 9.14. The number of alkyl carbamates (subject to hydrolysis) is 1. The number of carboxylic acids is 1. The van der Waals surface area contributed by atoms with E-state index in [1.165, 1.54) is 11.1 Å². The molecule has 0 atom stereocenters. The molecule has 0 radical (unpaired) electrons. The van der Waals surface area contributed by atoms with Gasteiger partial charge in [-0.2, -0.15) is 11.8 Å². The normalized spacial score (nSPS) is 16.1. The monoisotopic (exact) mass is 496 g/mol. The predicted octanol–water partition coefficient (Wildman–Crippen LogP) is 4.50. The molecule has 8 heteroatoms. The van der Waals surface area contributed by atoms with Gasteiger partial charge < -0.3 is 20.1 Å². The van der Waals surface area contributed by atoms with E-state index in [1.54, 1.807) is 16.7 Å². The summed E-state index contributed by atoms with van der Waals surface area (Å²) in [6, 6.07) is 16.4. The van der Waals surface area contributed by atoms with E-state index in [0.717, 1.165) is 22.6 Å². The summed E-state index contributed by atoms with van der Waals surface area (Å²) in [6.07, 6.45) is 0.877. The van der Waals surface area contributed by atoms with Gasteiger partial charge >= 0.3 is 12.1 Å². The van der Waals surface area contributed by atoms with Crippen LogP contribution in [0.15, 0.2) is 48.5 Å². The largest absolute Gasteiger partial charge is 0.481 e. The van der Waals surface area contributed by atoms with E-state index < -0.39 is 17.6 Å². The second-order valence-corrected chi connectivity index (χ2v) is 10.4. The Bertz CT molecular complexity index is 1040. The third kappa shape index (κ3) is 5.81. The van der Waals surface area contributed by atoms with Gasteiger partial charge in [-0.1, -0.05) is 48.5 Å². The van der Waals surface area contributed by atoms with Crippen molar-refractivity contribution in [2.75, 3.05) is 31.2 Å². The number of carboxylic acid groups (broad SMARTS) is 1. The van der Waals surface area contributed by atoms with Crippen molar-refractivity contribution in [2.45, 2.75) is 44.1 Å². The van der Waals surface area contributed by atoms with E-state index in [1.807, 2.05) is 31.2 Å². The lowest BCUT2D eigenvalue weighted by Crippen LogP contribution is -2.54. The molecule has 1 fully saturated rings. The fourth-order valence-electron chi connectivity index (χ4n) is 5.05. The van der Waals surface area contributed by atoms with Gasteiger partial charge in [-0.25, -0.2) is 4.79 Å². The summed E-state index contributed by atoms with van der Waals surface area (Å²) in [6.45, 7) is 2.66. The Kier molecular flexibility index (Phi) is 8.00. The van der Waals surface area contributed by atoms with Gasteiger partial charge in [0.25, 0.3) is 0 Å². The van der Waals surface area contributed by atoms with E-state index in [-0.39, 0.29) is 37.8 Å². The number of rotatable bonds is 9. The van der Waals surface area contributed by atoms with Crippen LogP contribution in [0.4, 0.5) is 4.79 Å². The summed E-state index contributed by atoms with van der Waals surface area (Å²) < 4.78 is 5.76. The number of ether oxygens (including phenoxy) is 1. The van der Waals surface area contributed by atoms with Crippen LogP contribution >= 0.6 is 11.8 Å². The van der Waals surface area contributed by atoms with E-state index in [2.05, 4.69) is 29.6 Å². The molecule has 7 nitrogen and oxygen atoms in total. The Morgan fingerprint density at radius 3 is 2.23 bits per heavy atom. The second kappa shape index (κ2) is 11.2. The van der Waals surface area contributed by atoms with Gasteiger partial charge in [0, 0.05) is 19.0 Å². The molecule has 2 aliphatic rings. The van der Waals surface area contributed by atoms with Crippen LogP contribution in [0.3, 0.4) is 0 Å². The van der Waals surface area contributed by atoms with Gasteiger partial charge in [-0.3, -0.25) is 9.59 Å². The van der Waals surface area contributed by atoms with Gasteiger partial charge in [0.15, 0.2) is 0 Å².